The standard InChI is InChI=1S/C16H25N3O/c1-2-19-13-14(12-17-19)15(20)16(8-4-5-9-16)18-10-6-3-7-11-18/h12-13H,2-11H2,1H3. The van der Waals surface area contributed by atoms with Crippen LogP contribution in [0, 0.1) is 0 Å². The number of hydrogen-bond acceptors (Lipinski definition) is 3. The highest BCUT2D eigenvalue weighted by Gasteiger charge is 2.46. The quantitative estimate of drug-likeness (QED) is 0.793. The molecule has 1 aromatic rings. The molecule has 2 aliphatic rings. The van der Waals surface area contributed by atoms with Crippen molar-refractivity contribution in [2.24, 2.45) is 0 Å². The molecular formula is C16H25N3O. The monoisotopic (exact) mass is 275 g/mol. The van der Waals surface area contributed by atoms with Crippen LogP contribution in [0.2, 0.25) is 0 Å². The first-order chi connectivity index (χ1) is 9.76. The van der Waals surface area contributed by atoms with E-state index in [-0.39, 0.29) is 5.54 Å². The molecule has 1 aliphatic heterocycles. The minimum absolute atomic E-state index is 0.220. The number of aryl methyl sites for hydroxylation is 1. The molecule has 1 saturated carbocycles. The summed E-state index contributed by atoms with van der Waals surface area (Å²) < 4.78 is 1.85. The number of carbonyl (C=O) groups excluding carboxylic acids is 1. The summed E-state index contributed by atoms with van der Waals surface area (Å²) >= 11 is 0. The molecule has 0 unspecified atom stereocenters. The van der Waals surface area contributed by atoms with Crippen LogP contribution in [0.5, 0.6) is 0 Å². The van der Waals surface area contributed by atoms with E-state index >= 15 is 0 Å². The summed E-state index contributed by atoms with van der Waals surface area (Å²) in [5.74, 6) is 0.316. The van der Waals surface area contributed by atoms with E-state index in [1.54, 1.807) is 6.20 Å². The van der Waals surface area contributed by atoms with E-state index in [9.17, 15) is 4.79 Å². The largest absolute Gasteiger partial charge is 0.292 e. The maximum atomic E-state index is 13.1. The summed E-state index contributed by atoms with van der Waals surface area (Å²) in [6, 6.07) is 0. The van der Waals surface area contributed by atoms with Crippen LogP contribution in [-0.4, -0.2) is 39.1 Å². The Kier molecular flexibility index (Phi) is 3.92. The lowest BCUT2D eigenvalue weighted by molar-refractivity contribution is 0.0477. The van der Waals surface area contributed by atoms with Gasteiger partial charge in [0.2, 0.25) is 0 Å². The Balaban J connectivity index is 1.87. The number of carbonyl (C=O) groups is 1. The Morgan fingerprint density at radius 3 is 2.50 bits per heavy atom. The molecule has 20 heavy (non-hydrogen) atoms. The second-order valence-corrected chi connectivity index (χ2v) is 6.20. The van der Waals surface area contributed by atoms with Gasteiger partial charge in [0.05, 0.1) is 17.3 Å². The van der Waals surface area contributed by atoms with E-state index in [1.807, 2.05) is 10.9 Å². The number of piperidine rings is 1. The zero-order valence-electron chi connectivity index (χ0n) is 12.5. The number of rotatable bonds is 4. The molecule has 1 saturated heterocycles. The van der Waals surface area contributed by atoms with Gasteiger partial charge in [-0.15, -0.1) is 0 Å². The molecule has 0 N–H and O–H groups in total. The smallest absolute Gasteiger partial charge is 0.186 e. The van der Waals surface area contributed by atoms with Gasteiger partial charge in [-0.2, -0.15) is 5.10 Å². The lowest BCUT2D eigenvalue weighted by Crippen LogP contribution is -2.54. The Morgan fingerprint density at radius 2 is 1.90 bits per heavy atom. The highest BCUT2D eigenvalue weighted by atomic mass is 16.1. The third kappa shape index (κ3) is 2.30. The maximum absolute atomic E-state index is 13.1. The Morgan fingerprint density at radius 1 is 1.20 bits per heavy atom. The highest BCUT2D eigenvalue weighted by Crippen LogP contribution is 2.39. The Bertz CT molecular complexity index is 468. The molecule has 1 aliphatic carbocycles. The molecule has 0 atom stereocenters. The van der Waals surface area contributed by atoms with Crippen LogP contribution in [-0.2, 0) is 6.54 Å². The van der Waals surface area contributed by atoms with Crippen molar-refractivity contribution in [3.63, 3.8) is 0 Å². The fourth-order valence-corrected chi connectivity index (χ4v) is 3.89. The summed E-state index contributed by atoms with van der Waals surface area (Å²) in [6.07, 6.45) is 11.9. The minimum Gasteiger partial charge on any atom is -0.292 e. The van der Waals surface area contributed by atoms with Gasteiger partial charge in [-0.1, -0.05) is 19.3 Å². The Hall–Kier alpha value is -1.16. The summed E-state index contributed by atoms with van der Waals surface area (Å²) in [5.41, 5.74) is 0.585. The zero-order chi connectivity index (χ0) is 14.0. The van der Waals surface area contributed by atoms with Gasteiger partial charge in [0.1, 0.15) is 0 Å². The van der Waals surface area contributed by atoms with Crippen molar-refractivity contribution in [1.29, 1.82) is 0 Å². The van der Waals surface area contributed by atoms with Crippen LogP contribution in [0.25, 0.3) is 0 Å². The van der Waals surface area contributed by atoms with E-state index in [4.69, 9.17) is 0 Å². The predicted molar refractivity (Wildman–Crippen MR) is 78.9 cm³/mol. The van der Waals surface area contributed by atoms with Crippen molar-refractivity contribution in [3.8, 4) is 0 Å². The van der Waals surface area contributed by atoms with Crippen LogP contribution >= 0.6 is 0 Å². The van der Waals surface area contributed by atoms with E-state index < -0.39 is 0 Å². The van der Waals surface area contributed by atoms with Crippen molar-refractivity contribution in [2.75, 3.05) is 13.1 Å². The average molecular weight is 275 g/mol. The van der Waals surface area contributed by atoms with Crippen LogP contribution in [0.4, 0.5) is 0 Å². The van der Waals surface area contributed by atoms with Crippen molar-refractivity contribution in [2.45, 2.75) is 64.0 Å². The topological polar surface area (TPSA) is 38.1 Å². The van der Waals surface area contributed by atoms with Crippen molar-refractivity contribution in [1.82, 2.24) is 14.7 Å². The van der Waals surface area contributed by atoms with Crippen molar-refractivity contribution in [3.05, 3.63) is 18.0 Å². The molecular weight excluding hydrogens is 250 g/mol. The first-order valence-electron chi connectivity index (χ1n) is 8.08. The molecule has 4 heteroatoms. The number of nitrogens with zero attached hydrogens (tertiary/aromatic N) is 3. The summed E-state index contributed by atoms with van der Waals surface area (Å²) in [5, 5.41) is 4.28. The molecule has 0 aromatic carbocycles. The molecule has 2 heterocycles. The van der Waals surface area contributed by atoms with Gasteiger partial charge in [-0.05, 0) is 45.7 Å². The average Bonchev–Trinajstić information content (AvgIpc) is 3.17. The molecule has 0 amide bonds. The third-order valence-electron chi connectivity index (χ3n) is 5.03. The predicted octanol–water partition coefficient (Wildman–Crippen LogP) is 2.88. The zero-order valence-corrected chi connectivity index (χ0v) is 12.5. The van der Waals surface area contributed by atoms with E-state index in [2.05, 4.69) is 16.9 Å². The highest BCUT2D eigenvalue weighted by molar-refractivity contribution is 6.03. The minimum atomic E-state index is -0.220. The van der Waals surface area contributed by atoms with Crippen molar-refractivity contribution < 1.29 is 4.79 Å². The first-order valence-corrected chi connectivity index (χ1v) is 8.08. The van der Waals surface area contributed by atoms with Crippen LogP contribution in [0.15, 0.2) is 12.4 Å². The van der Waals surface area contributed by atoms with Crippen LogP contribution in [0.1, 0.15) is 62.2 Å². The Labute approximate surface area is 121 Å². The lowest BCUT2D eigenvalue weighted by atomic mass is 9.85. The second kappa shape index (κ2) is 5.68. The maximum Gasteiger partial charge on any atom is 0.186 e. The van der Waals surface area contributed by atoms with Gasteiger partial charge < -0.3 is 0 Å². The number of likely N-dealkylation sites (tertiary alicyclic amines) is 1. The third-order valence-corrected chi connectivity index (χ3v) is 5.03. The number of ketones is 1. The SMILES string of the molecule is CCn1cc(C(=O)C2(N3CCCCC3)CCCC2)cn1. The fraction of sp³-hybridized carbons (Fsp3) is 0.750. The van der Waals surface area contributed by atoms with Crippen LogP contribution < -0.4 is 0 Å². The molecule has 3 rings (SSSR count). The number of aromatic nitrogens is 2. The lowest BCUT2D eigenvalue weighted by Gasteiger charge is -2.42. The summed E-state index contributed by atoms with van der Waals surface area (Å²) in [6.45, 7) is 5.06. The number of Topliss-reactive ketones (excluding diaryl/α,β-unsaturated/α-hetero) is 1. The van der Waals surface area contributed by atoms with Crippen LogP contribution in [0.3, 0.4) is 0 Å². The molecule has 1 aromatic heterocycles. The summed E-state index contributed by atoms with van der Waals surface area (Å²) in [7, 11) is 0. The van der Waals surface area contributed by atoms with Gasteiger partial charge >= 0.3 is 0 Å². The second-order valence-electron chi connectivity index (χ2n) is 6.20. The molecule has 0 bridgehead atoms. The first kappa shape index (κ1) is 13.8. The summed E-state index contributed by atoms with van der Waals surface area (Å²) in [4.78, 5) is 15.6. The normalized spacial score (nSPS) is 23.1. The van der Waals surface area contributed by atoms with Gasteiger partial charge in [-0.3, -0.25) is 14.4 Å². The molecule has 4 nitrogen and oxygen atoms in total. The van der Waals surface area contributed by atoms with Gasteiger partial charge in [-0.25, -0.2) is 0 Å². The van der Waals surface area contributed by atoms with Gasteiger partial charge in [0, 0.05) is 12.7 Å². The molecule has 0 radical (unpaired) electrons. The molecule has 0 spiro atoms. The van der Waals surface area contributed by atoms with Gasteiger partial charge in [0.15, 0.2) is 5.78 Å². The van der Waals surface area contributed by atoms with E-state index in [0.717, 1.165) is 38.0 Å². The van der Waals surface area contributed by atoms with E-state index in [1.165, 1.54) is 32.1 Å². The van der Waals surface area contributed by atoms with Gasteiger partial charge in [0.25, 0.3) is 0 Å². The molecule has 2 fully saturated rings. The van der Waals surface area contributed by atoms with Crippen molar-refractivity contribution >= 4 is 5.78 Å². The molecule has 110 valence electrons. The van der Waals surface area contributed by atoms with E-state index in [0.29, 0.717) is 5.78 Å². The number of hydrogen-bond donors (Lipinski definition) is 0. The fourth-order valence-electron chi connectivity index (χ4n) is 3.89.